The topological polar surface area (TPSA) is 126 Å². The maximum Gasteiger partial charge on any atom is 0.316 e. The predicted molar refractivity (Wildman–Crippen MR) is 93.1 cm³/mol. The van der Waals surface area contributed by atoms with Gasteiger partial charge in [-0.3, -0.25) is 9.59 Å². The minimum absolute atomic E-state index is 0.131. The Labute approximate surface area is 144 Å². The summed E-state index contributed by atoms with van der Waals surface area (Å²) in [6.45, 7) is 3.63. The third-order valence-electron chi connectivity index (χ3n) is 3.38. The largest absolute Gasteiger partial charge is 0.459 e. The van der Waals surface area contributed by atoms with Gasteiger partial charge in [0, 0.05) is 11.4 Å². The Bertz CT molecular complexity index is 756. The number of amides is 4. The van der Waals surface area contributed by atoms with Gasteiger partial charge in [-0.05, 0) is 36.2 Å². The number of carbonyl (C=O) groups is 3. The molecule has 0 spiro atoms. The van der Waals surface area contributed by atoms with Crippen LogP contribution in [0, 0.1) is 5.92 Å². The highest BCUT2D eigenvalue weighted by Gasteiger charge is 2.25. The smallest absolute Gasteiger partial charge is 0.316 e. The van der Waals surface area contributed by atoms with E-state index in [0.717, 1.165) is 0 Å². The average Bonchev–Trinajstić information content (AvgIpc) is 3.06. The summed E-state index contributed by atoms with van der Waals surface area (Å²) < 4.78 is 5.03. The molecule has 1 heterocycles. The first-order valence-electron chi connectivity index (χ1n) is 7.68. The molecule has 8 heteroatoms. The maximum atomic E-state index is 12.5. The minimum atomic E-state index is -0.759. The molecule has 1 unspecified atom stereocenters. The fourth-order valence-electron chi connectivity index (χ4n) is 2.19. The van der Waals surface area contributed by atoms with Gasteiger partial charge in [-0.15, -0.1) is 0 Å². The summed E-state index contributed by atoms with van der Waals surface area (Å²) in [5.41, 5.74) is 5.99. The lowest BCUT2D eigenvalue weighted by atomic mass is 10.0. The van der Waals surface area contributed by atoms with Crippen LogP contribution in [0.25, 0.3) is 0 Å². The summed E-state index contributed by atoms with van der Waals surface area (Å²) in [6.07, 6.45) is 1.39. The molecule has 0 fully saturated rings. The Kier molecular flexibility index (Phi) is 5.78. The molecular formula is C17H20N4O4. The molecule has 0 aliphatic heterocycles. The van der Waals surface area contributed by atoms with Crippen molar-refractivity contribution in [3.63, 3.8) is 0 Å². The first-order valence-corrected chi connectivity index (χ1v) is 7.68. The lowest BCUT2D eigenvalue weighted by molar-refractivity contribution is -0.118. The molecule has 132 valence electrons. The van der Waals surface area contributed by atoms with Gasteiger partial charge in [0.15, 0.2) is 5.76 Å². The van der Waals surface area contributed by atoms with Crippen LogP contribution < -0.4 is 21.7 Å². The molecule has 1 atom stereocenters. The summed E-state index contributed by atoms with van der Waals surface area (Å²) in [5, 5.41) is 7.79. The van der Waals surface area contributed by atoms with Crippen LogP contribution in [0.3, 0.4) is 0 Å². The van der Waals surface area contributed by atoms with Gasteiger partial charge >= 0.3 is 6.03 Å². The second-order valence-electron chi connectivity index (χ2n) is 5.73. The highest BCUT2D eigenvalue weighted by molar-refractivity contribution is 6.00. The van der Waals surface area contributed by atoms with Crippen molar-refractivity contribution >= 4 is 29.2 Å². The van der Waals surface area contributed by atoms with E-state index in [9.17, 15) is 14.4 Å². The van der Waals surface area contributed by atoms with Crippen LogP contribution in [-0.2, 0) is 4.79 Å². The Morgan fingerprint density at radius 2 is 1.72 bits per heavy atom. The fraction of sp³-hybridized carbons (Fsp3) is 0.235. The molecule has 8 nitrogen and oxygen atoms in total. The SMILES string of the molecule is CC(C)C(NC(=O)c1ccco1)C(=O)Nc1cccc(NC(N)=O)c1. The van der Waals surface area contributed by atoms with Gasteiger partial charge < -0.3 is 26.1 Å². The second kappa shape index (κ2) is 8.00. The molecule has 0 radical (unpaired) electrons. The third-order valence-corrected chi connectivity index (χ3v) is 3.38. The van der Waals surface area contributed by atoms with Gasteiger partial charge in [0.05, 0.1) is 6.26 Å². The molecule has 0 saturated heterocycles. The zero-order valence-corrected chi connectivity index (χ0v) is 13.9. The molecule has 4 amide bonds. The molecule has 0 bridgehead atoms. The van der Waals surface area contributed by atoms with Crippen molar-refractivity contribution in [1.82, 2.24) is 5.32 Å². The third kappa shape index (κ3) is 5.10. The number of nitrogens with two attached hydrogens (primary N) is 1. The second-order valence-corrected chi connectivity index (χ2v) is 5.73. The van der Waals surface area contributed by atoms with Crippen molar-refractivity contribution in [2.24, 2.45) is 11.7 Å². The van der Waals surface area contributed by atoms with Crippen LogP contribution >= 0.6 is 0 Å². The number of hydrogen-bond donors (Lipinski definition) is 4. The molecular weight excluding hydrogens is 324 g/mol. The molecule has 1 aromatic heterocycles. The average molecular weight is 344 g/mol. The Morgan fingerprint density at radius 1 is 1.04 bits per heavy atom. The molecule has 5 N–H and O–H groups in total. The number of rotatable bonds is 6. The van der Waals surface area contributed by atoms with Crippen LogP contribution in [0.4, 0.5) is 16.2 Å². The number of carbonyl (C=O) groups excluding carboxylic acids is 3. The highest BCUT2D eigenvalue weighted by atomic mass is 16.3. The van der Waals surface area contributed by atoms with Crippen LogP contribution in [-0.4, -0.2) is 23.9 Å². The molecule has 2 aromatic rings. The molecule has 0 saturated carbocycles. The summed E-state index contributed by atoms with van der Waals surface area (Å²) in [6, 6.07) is 8.18. The number of hydrogen-bond acceptors (Lipinski definition) is 4. The van der Waals surface area contributed by atoms with Crippen LogP contribution in [0.1, 0.15) is 24.4 Å². The monoisotopic (exact) mass is 344 g/mol. The van der Waals surface area contributed by atoms with Crippen molar-refractivity contribution in [3.05, 3.63) is 48.4 Å². The number of anilines is 2. The lowest BCUT2D eigenvalue weighted by Gasteiger charge is -2.21. The van der Waals surface area contributed by atoms with E-state index in [0.29, 0.717) is 11.4 Å². The normalized spacial score (nSPS) is 11.6. The first-order chi connectivity index (χ1) is 11.9. The highest BCUT2D eigenvalue weighted by Crippen LogP contribution is 2.16. The summed E-state index contributed by atoms with van der Waals surface area (Å²) in [5.74, 6) is -0.869. The van der Waals surface area contributed by atoms with E-state index < -0.39 is 18.0 Å². The van der Waals surface area contributed by atoms with Gasteiger partial charge in [-0.25, -0.2) is 4.79 Å². The van der Waals surface area contributed by atoms with Crippen LogP contribution in [0.5, 0.6) is 0 Å². The fourth-order valence-corrected chi connectivity index (χ4v) is 2.19. The van der Waals surface area contributed by atoms with Crippen molar-refractivity contribution in [2.45, 2.75) is 19.9 Å². The zero-order valence-electron chi connectivity index (χ0n) is 13.9. The quantitative estimate of drug-likeness (QED) is 0.640. The van der Waals surface area contributed by atoms with E-state index in [2.05, 4.69) is 16.0 Å². The van der Waals surface area contributed by atoms with Gasteiger partial charge in [-0.2, -0.15) is 0 Å². The summed E-state index contributed by atoms with van der Waals surface area (Å²) in [4.78, 5) is 35.5. The molecule has 0 aliphatic carbocycles. The van der Waals surface area contributed by atoms with Crippen LogP contribution in [0.2, 0.25) is 0 Å². The molecule has 0 aliphatic rings. The molecule has 1 aromatic carbocycles. The number of primary amides is 1. The molecule has 2 rings (SSSR count). The number of furan rings is 1. The Hall–Kier alpha value is -3.29. The van der Waals surface area contributed by atoms with E-state index in [-0.39, 0.29) is 17.6 Å². The Morgan fingerprint density at radius 3 is 2.28 bits per heavy atom. The van der Waals surface area contributed by atoms with Crippen molar-refractivity contribution in [1.29, 1.82) is 0 Å². The van der Waals surface area contributed by atoms with Crippen molar-refractivity contribution in [3.8, 4) is 0 Å². The summed E-state index contributed by atoms with van der Waals surface area (Å²) >= 11 is 0. The first kappa shape index (κ1) is 18.1. The van der Waals surface area contributed by atoms with Crippen LogP contribution in [0.15, 0.2) is 47.1 Å². The number of benzene rings is 1. The lowest BCUT2D eigenvalue weighted by Crippen LogP contribution is -2.47. The predicted octanol–water partition coefficient (Wildman–Crippen LogP) is 2.16. The number of nitrogens with one attached hydrogen (secondary N) is 3. The van der Waals surface area contributed by atoms with Crippen molar-refractivity contribution in [2.75, 3.05) is 10.6 Å². The summed E-state index contributed by atoms with van der Waals surface area (Å²) in [7, 11) is 0. The molecule has 25 heavy (non-hydrogen) atoms. The van der Waals surface area contributed by atoms with Gasteiger partial charge in [-0.1, -0.05) is 19.9 Å². The minimum Gasteiger partial charge on any atom is -0.459 e. The van der Waals surface area contributed by atoms with Gasteiger partial charge in [0.25, 0.3) is 5.91 Å². The Balaban J connectivity index is 2.07. The standard InChI is InChI=1S/C17H20N4O4/c1-10(2)14(21-15(22)13-7-4-8-25-13)16(23)19-11-5-3-6-12(9-11)20-17(18)24/h3-10,14H,1-2H3,(H,19,23)(H,21,22)(H3,18,20,24). The zero-order chi connectivity index (χ0) is 18.4. The van der Waals surface area contributed by atoms with E-state index in [4.69, 9.17) is 10.2 Å². The van der Waals surface area contributed by atoms with E-state index in [1.807, 2.05) is 13.8 Å². The van der Waals surface area contributed by atoms with Gasteiger partial charge in [0.2, 0.25) is 5.91 Å². The van der Waals surface area contributed by atoms with E-state index in [1.54, 1.807) is 30.3 Å². The van der Waals surface area contributed by atoms with E-state index >= 15 is 0 Å². The van der Waals surface area contributed by atoms with Gasteiger partial charge in [0.1, 0.15) is 6.04 Å². The number of urea groups is 1. The van der Waals surface area contributed by atoms with E-state index in [1.165, 1.54) is 12.3 Å². The van der Waals surface area contributed by atoms with Crippen molar-refractivity contribution < 1.29 is 18.8 Å². The maximum absolute atomic E-state index is 12.5.